The molecule has 0 aromatic heterocycles. The van der Waals surface area contributed by atoms with Gasteiger partial charge in [-0.15, -0.1) is 0 Å². The summed E-state index contributed by atoms with van der Waals surface area (Å²) in [7, 11) is 0. The molecule has 6 aromatic carbocycles. The number of hydrogen-bond donors (Lipinski definition) is 3. The maximum Gasteiger partial charge on any atom is 0.408 e. The molecule has 12 nitrogen and oxygen atoms in total. The first-order valence-corrected chi connectivity index (χ1v) is 23.8. The lowest BCUT2D eigenvalue weighted by atomic mass is 9.94. The minimum atomic E-state index is -2.41. The Morgan fingerprint density at radius 1 is 0.581 bits per heavy atom. The van der Waals surface area contributed by atoms with Gasteiger partial charge in [0.1, 0.15) is 49.0 Å². The zero-order valence-electron chi connectivity index (χ0n) is 41.4. The molecular weight excluding hydrogens is 968 g/mol. The lowest BCUT2D eigenvalue weighted by Crippen LogP contribution is -2.54. The van der Waals surface area contributed by atoms with Gasteiger partial charge >= 0.3 is 18.0 Å². The van der Waals surface area contributed by atoms with E-state index in [1.165, 1.54) is 6.92 Å². The van der Waals surface area contributed by atoms with Gasteiger partial charge in [-0.3, -0.25) is 9.59 Å². The predicted molar refractivity (Wildman–Crippen MR) is 264 cm³/mol. The van der Waals surface area contributed by atoms with Gasteiger partial charge < -0.3 is 39.4 Å². The highest BCUT2D eigenvalue weighted by molar-refractivity contribution is 5.90. The fraction of sp³-hybridized carbons (Fsp3) is 0.298. The maximum absolute atomic E-state index is 14.6. The van der Waals surface area contributed by atoms with E-state index in [0.717, 1.165) is 11.1 Å². The average molecular weight is 1030 g/mol. The summed E-state index contributed by atoms with van der Waals surface area (Å²) in [6.45, 7) is 8.05. The fourth-order valence-electron chi connectivity index (χ4n) is 7.51. The molecule has 390 valence electrons. The van der Waals surface area contributed by atoms with Gasteiger partial charge in [-0.1, -0.05) is 117 Å². The van der Waals surface area contributed by atoms with Crippen molar-refractivity contribution in [3.05, 3.63) is 184 Å². The number of alkyl carbamates (subject to hydrolysis) is 1. The second-order valence-corrected chi connectivity index (χ2v) is 18.5. The fourth-order valence-corrected chi connectivity index (χ4v) is 7.51. The van der Waals surface area contributed by atoms with Crippen LogP contribution in [-0.4, -0.2) is 52.8 Å². The first-order chi connectivity index (χ1) is 35.3. The molecule has 0 aliphatic rings. The van der Waals surface area contributed by atoms with Gasteiger partial charge in [0.15, 0.2) is 0 Å². The lowest BCUT2D eigenvalue weighted by Gasteiger charge is -2.26. The Morgan fingerprint density at radius 3 is 1.51 bits per heavy atom. The van der Waals surface area contributed by atoms with E-state index in [4.69, 9.17) is 23.7 Å². The molecule has 4 atom stereocenters. The Morgan fingerprint density at radius 2 is 1.04 bits per heavy atom. The monoisotopic (exact) mass is 1020 g/mol. The number of aliphatic hydroxyl groups excluding tert-OH is 1. The van der Waals surface area contributed by atoms with Gasteiger partial charge in [0, 0.05) is 12.8 Å². The molecule has 17 heteroatoms. The summed E-state index contributed by atoms with van der Waals surface area (Å²) in [5, 5.41) is 15.9. The van der Waals surface area contributed by atoms with E-state index >= 15 is 0 Å². The number of benzene rings is 6. The molecule has 0 heterocycles. The minimum absolute atomic E-state index is 0.0905. The van der Waals surface area contributed by atoms with Crippen molar-refractivity contribution in [3.8, 4) is 28.4 Å². The van der Waals surface area contributed by atoms with Gasteiger partial charge in [-0.25, -0.2) is 22.8 Å². The molecule has 0 saturated heterocycles. The van der Waals surface area contributed by atoms with Crippen molar-refractivity contribution in [1.29, 1.82) is 0 Å². The Kier molecular flexibility index (Phi) is 19.3. The smallest absolute Gasteiger partial charge is 0.408 e. The topological polar surface area (TPSA) is 159 Å². The zero-order chi connectivity index (χ0) is 53.5. The molecule has 6 rings (SSSR count). The zero-order valence-corrected chi connectivity index (χ0v) is 41.4. The largest absolute Gasteiger partial charge is 0.489 e. The Labute approximate surface area is 425 Å². The van der Waals surface area contributed by atoms with Crippen LogP contribution in [0.25, 0.3) is 11.1 Å². The van der Waals surface area contributed by atoms with Crippen molar-refractivity contribution in [2.45, 2.75) is 104 Å². The third-order valence-corrected chi connectivity index (χ3v) is 11.5. The summed E-state index contributed by atoms with van der Waals surface area (Å²) >= 11 is 0. The Bertz CT molecular complexity index is 2860. The van der Waals surface area contributed by atoms with Crippen molar-refractivity contribution in [3.63, 3.8) is 0 Å². The number of rotatable bonds is 22. The summed E-state index contributed by atoms with van der Waals surface area (Å²) in [6, 6.07) is 34.7. The van der Waals surface area contributed by atoms with Crippen LogP contribution >= 0.6 is 0 Å². The third kappa shape index (κ3) is 15.6. The van der Waals surface area contributed by atoms with Crippen molar-refractivity contribution in [1.82, 2.24) is 10.6 Å². The SMILES string of the molecule is CC[C@H](O)C[C@H](NC(=O)OC(C)(C)C)C(=O)N[C@H](Cc1cc(-c2ccc(OCc3ccccc3)c(C[C@H](C)C(=O)Oc3c(F)c(F)c(F)c(F)c3F)c2)ccc1OCc1ccccc1)C(=O)OCc1ccccc1. The molecule has 3 N–H and O–H groups in total. The van der Waals surface area contributed by atoms with Gasteiger partial charge in [-0.2, -0.15) is 8.78 Å². The second-order valence-electron chi connectivity index (χ2n) is 18.5. The highest BCUT2D eigenvalue weighted by Crippen LogP contribution is 2.35. The van der Waals surface area contributed by atoms with Crippen LogP contribution in [0.3, 0.4) is 0 Å². The van der Waals surface area contributed by atoms with Crippen LogP contribution < -0.4 is 24.8 Å². The normalized spacial score (nSPS) is 12.9. The Balaban J connectivity index is 1.38. The van der Waals surface area contributed by atoms with Crippen LogP contribution in [0.2, 0.25) is 0 Å². The molecular formula is C57H57F5N2O10. The Hall–Kier alpha value is -7.79. The number of hydrogen-bond acceptors (Lipinski definition) is 10. The van der Waals surface area contributed by atoms with Gasteiger partial charge in [-0.05, 0) is 96.8 Å². The van der Waals surface area contributed by atoms with E-state index in [-0.39, 0.29) is 45.5 Å². The lowest BCUT2D eigenvalue weighted by molar-refractivity contribution is -0.149. The predicted octanol–water partition coefficient (Wildman–Crippen LogP) is 10.8. The highest BCUT2D eigenvalue weighted by atomic mass is 19.2. The molecule has 0 aliphatic heterocycles. The summed E-state index contributed by atoms with van der Waals surface area (Å²) in [5.74, 6) is -16.8. The molecule has 0 fully saturated rings. The first-order valence-electron chi connectivity index (χ1n) is 23.8. The van der Waals surface area contributed by atoms with Crippen LogP contribution in [0.15, 0.2) is 127 Å². The number of ether oxygens (including phenoxy) is 5. The van der Waals surface area contributed by atoms with Crippen LogP contribution in [0.4, 0.5) is 26.7 Å². The van der Waals surface area contributed by atoms with Gasteiger partial charge in [0.05, 0.1) is 12.0 Å². The first kappa shape index (κ1) is 55.5. The van der Waals surface area contributed by atoms with E-state index in [2.05, 4.69) is 10.6 Å². The number of halogens is 5. The molecule has 0 aliphatic carbocycles. The van der Waals surface area contributed by atoms with Crippen LogP contribution in [0.5, 0.6) is 17.2 Å². The van der Waals surface area contributed by atoms with E-state index in [9.17, 15) is 46.2 Å². The number of aliphatic hydroxyl groups is 1. The summed E-state index contributed by atoms with van der Waals surface area (Å²) in [6.07, 6.45) is -2.32. The summed E-state index contributed by atoms with van der Waals surface area (Å²) < 4.78 is 99.7. The number of carbonyl (C=O) groups excluding carboxylic acids is 4. The molecule has 0 unspecified atom stereocenters. The summed E-state index contributed by atoms with van der Waals surface area (Å²) in [4.78, 5) is 54.8. The van der Waals surface area contributed by atoms with Crippen LogP contribution in [0, 0.1) is 35.0 Å². The highest BCUT2D eigenvalue weighted by Gasteiger charge is 2.33. The van der Waals surface area contributed by atoms with Crippen molar-refractivity contribution >= 4 is 23.9 Å². The van der Waals surface area contributed by atoms with Crippen LogP contribution in [-0.2, 0) is 56.5 Å². The summed E-state index contributed by atoms with van der Waals surface area (Å²) in [5.41, 5.74) is 3.25. The molecule has 0 saturated carbocycles. The maximum atomic E-state index is 14.6. The van der Waals surface area contributed by atoms with E-state index in [0.29, 0.717) is 39.3 Å². The second kappa shape index (κ2) is 25.7. The van der Waals surface area contributed by atoms with Crippen molar-refractivity contribution in [2.24, 2.45) is 5.92 Å². The number of carbonyl (C=O) groups is 4. The average Bonchev–Trinajstić information content (AvgIpc) is 3.39. The quantitative estimate of drug-likeness (QED) is 0.0196. The van der Waals surface area contributed by atoms with E-state index in [1.54, 1.807) is 94.4 Å². The van der Waals surface area contributed by atoms with Crippen LogP contribution in [0.1, 0.15) is 75.3 Å². The van der Waals surface area contributed by atoms with E-state index < -0.39 is 88.5 Å². The van der Waals surface area contributed by atoms with E-state index in [1.807, 2.05) is 60.7 Å². The number of amides is 2. The number of esters is 2. The molecule has 0 bridgehead atoms. The number of nitrogens with one attached hydrogen (secondary N) is 2. The molecule has 0 radical (unpaired) electrons. The van der Waals surface area contributed by atoms with Gasteiger partial charge in [0.2, 0.25) is 40.7 Å². The molecule has 6 aromatic rings. The minimum Gasteiger partial charge on any atom is -0.489 e. The molecule has 0 spiro atoms. The molecule has 74 heavy (non-hydrogen) atoms. The van der Waals surface area contributed by atoms with Crippen molar-refractivity contribution < 1.29 is 69.9 Å². The third-order valence-electron chi connectivity index (χ3n) is 11.5. The standard InChI is InChI=1S/C57H57F5N2O10/c1-6-42(65)30-43(64-56(69)74-57(3,4)5)53(66)63-44(55(68)72-33-37-20-14-9-15-21-37)29-41-28-39(23-25-46(41)71-32-36-18-12-8-13-19-36)38-22-24-45(70-31-35-16-10-7-11-17-35)40(27-38)26-34(2)54(67)73-52-50(61)48(59)47(58)49(60)51(52)62/h7-25,27-28,34,42-44,65H,6,26,29-33H2,1-5H3,(H,63,66)(H,64,69)/t34-,42-,43-,44+/m0/s1. The van der Waals surface area contributed by atoms with Gasteiger partial charge in [0.25, 0.3) is 0 Å². The molecule has 2 amide bonds. The van der Waals surface area contributed by atoms with Crippen molar-refractivity contribution in [2.75, 3.05) is 0 Å².